The molecule has 0 spiro atoms. The molecule has 0 aliphatic rings. The number of amides is 1. The van der Waals surface area contributed by atoms with Crippen LogP contribution < -0.4 is 5.32 Å². The first-order valence-corrected chi connectivity index (χ1v) is 10.3. The van der Waals surface area contributed by atoms with Crippen LogP contribution in [-0.4, -0.2) is 16.0 Å². The Balaban J connectivity index is 1.70. The summed E-state index contributed by atoms with van der Waals surface area (Å²) in [6, 6.07) is 17.4. The Kier molecular flexibility index (Phi) is 6.98. The number of carbonyl (C=O) groups excluding carboxylic acids is 1. The van der Waals surface area contributed by atoms with Crippen LogP contribution in [0.1, 0.15) is 44.2 Å². The molecule has 3 aromatic rings. The average Bonchev–Trinajstić information content (AvgIpc) is 3.21. The van der Waals surface area contributed by atoms with Crippen LogP contribution in [-0.2, 0) is 11.2 Å². The minimum atomic E-state index is -0.301. The molecular formula is C22H24BrN3O2. The fraction of sp³-hybridized carbons (Fsp3) is 0.318. The fourth-order valence-corrected chi connectivity index (χ4v) is 3.17. The number of aromatic nitrogens is 2. The van der Waals surface area contributed by atoms with Gasteiger partial charge in [0.25, 0.3) is 0 Å². The molecule has 2 atom stereocenters. The van der Waals surface area contributed by atoms with Gasteiger partial charge in [0.05, 0.1) is 0 Å². The largest absolute Gasteiger partial charge is 0.344 e. The monoisotopic (exact) mass is 441 g/mol. The zero-order valence-corrected chi connectivity index (χ0v) is 17.6. The Morgan fingerprint density at radius 3 is 2.54 bits per heavy atom. The lowest BCUT2D eigenvalue weighted by Crippen LogP contribution is -2.32. The van der Waals surface area contributed by atoms with Crippen molar-refractivity contribution >= 4 is 21.8 Å². The SMILES string of the molecule is CC[C@@H](C)[C@H](NC(=O)CCc1ccccc1)c1nc(-c2ccc(Br)cc2)no1. The maximum Gasteiger partial charge on any atom is 0.249 e. The van der Waals surface area contributed by atoms with E-state index in [-0.39, 0.29) is 17.9 Å². The van der Waals surface area contributed by atoms with E-state index in [2.05, 4.69) is 45.2 Å². The minimum Gasteiger partial charge on any atom is -0.344 e. The van der Waals surface area contributed by atoms with Crippen LogP contribution in [0.5, 0.6) is 0 Å². The summed E-state index contributed by atoms with van der Waals surface area (Å²) in [5.41, 5.74) is 2.02. The predicted molar refractivity (Wildman–Crippen MR) is 113 cm³/mol. The third-order valence-electron chi connectivity index (χ3n) is 4.82. The van der Waals surface area contributed by atoms with Crippen molar-refractivity contribution in [2.45, 2.75) is 39.2 Å². The van der Waals surface area contributed by atoms with Crippen LogP contribution in [0.25, 0.3) is 11.4 Å². The topological polar surface area (TPSA) is 68.0 Å². The highest BCUT2D eigenvalue weighted by Crippen LogP contribution is 2.26. The van der Waals surface area contributed by atoms with E-state index in [0.29, 0.717) is 24.6 Å². The van der Waals surface area contributed by atoms with Gasteiger partial charge in [-0.1, -0.05) is 71.7 Å². The molecule has 2 aromatic carbocycles. The summed E-state index contributed by atoms with van der Waals surface area (Å²) in [5.74, 6) is 1.13. The van der Waals surface area contributed by atoms with Crippen molar-refractivity contribution in [1.29, 1.82) is 0 Å². The normalized spacial score (nSPS) is 13.1. The van der Waals surface area contributed by atoms with Gasteiger partial charge in [0, 0.05) is 16.5 Å². The second kappa shape index (κ2) is 9.64. The Morgan fingerprint density at radius 2 is 1.86 bits per heavy atom. The molecule has 0 unspecified atom stereocenters. The van der Waals surface area contributed by atoms with Crippen molar-refractivity contribution < 1.29 is 9.32 Å². The minimum absolute atomic E-state index is 0.0162. The van der Waals surface area contributed by atoms with Gasteiger partial charge in [0.1, 0.15) is 6.04 Å². The fourth-order valence-electron chi connectivity index (χ4n) is 2.91. The van der Waals surface area contributed by atoms with Crippen molar-refractivity contribution in [2.75, 3.05) is 0 Å². The molecule has 5 nitrogen and oxygen atoms in total. The molecule has 3 rings (SSSR count). The van der Waals surface area contributed by atoms with E-state index in [4.69, 9.17) is 4.52 Å². The highest BCUT2D eigenvalue weighted by molar-refractivity contribution is 9.10. The van der Waals surface area contributed by atoms with Crippen molar-refractivity contribution in [2.24, 2.45) is 5.92 Å². The molecular weight excluding hydrogens is 418 g/mol. The molecule has 1 amide bonds. The predicted octanol–water partition coefficient (Wildman–Crippen LogP) is 5.34. The summed E-state index contributed by atoms with van der Waals surface area (Å²) < 4.78 is 6.50. The summed E-state index contributed by atoms with van der Waals surface area (Å²) in [5, 5.41) is 7.19. The highest BCUT2D eigenvalue weighted by atomic mass is 79.9. The molecule has 1 aromatic heterocycles. The average molecular weight is 442 g/mol. The van der Waals surface area contributed by atoms with Crippen LogP contribution in [0, 0.1) is 5.92 Å². The van der Waals surface area contributed by atoms with Crippen LogP contribution >= 0.6 is 15.9 Å². The van der Waals surface area contributed by atoms with Crippen molar-refractivity contribution in [3.05, 3.63) is 70.5 Å². The number of aryl methyl sites for hydroxylation is 1. The van der Waals surface area contributed by atoms with Crippen molar-refractivity contribution in [1.82, 2.24) is 15.5 Å². The first-order chi connectivity index (χ1) is 13.6. The summed E-state index contributed by atoms with van der Waals surface area (Å²) in [6.45, 7) is 4.16. The van der Waals surface area contributed by atoms with Crippen LogP contribution in [0.15, 0.2) is 63.6 Å². The number of hydrogen-bond donors (Lipinski definition) is 1. The molecule has 28 heavy (non-hydrogen) atoms. The zero-order valence-electron chi connectivity index (χ0n) is 16.1. The standard InChI is InChI=1S/C22H24BrN3O2/c1-3-15(2)20(24-19(27)14-9-16-7-5-4-6-8-16)22-25-21(26-28-22)17-10-12-18(23)13-11-17/h4-8,10-13,15,20H,3,9,14H2,1-2H3,(H,24,27)/t15-,20+/m1/s1. The molecule has 1 heterocycles. The van der Waals surface area contributed by atoms with Gasteiger partial charge in [0.15, 0.2) is 0 Å². The number of benzene rings is 2. The van der Waals surface area contributed by atoms with E-state index >= 15 is 0 Å². The Labute approximate surface area is 173 Å². The van der Waals surface area contributed by atoms with Crippen LogP contribution in [0.2, 0.25) is 0 Å². The molecule has 0 saturated heterocycles. The third-order valence-corrected chi connectivity index (χ3v) is 5.35. The number of hydrogen-bond acceptors (Lipinski definition) is 4. The maximum atomic E-state index is 12.5. The highest BCUT2D eigenvalue weighted by Gasteiger charge is 2.26. The number of carbonyl (C=O) groups is 1. The third kappa shape index (κ3) is 5.29. The van der Waals surface area contributed by atoms with Crippen LogP contribution in [0.3, 0.4) is 0 Å². The molecule has 0 aliphatic heterocycles. The van der Waals surface area contributed by atoms with E-state index in [9.17, 15) is 4.79 Å². The molecule has 1 N–H and O–H groups in total. The van der Waals surface area contributed by atoms with Gasteiger partial charge in [-0.3, -0.25) is 4.79 Å². The lowest BCUT2D eigenvalue weighted by molar-refractivity contribution is -0.122. The number of halogens is 1. The maximum absolute atomic E-state index is 12.5. The first-order valence-electron chi connectivity index (χ1n) is 9.49. The van der Waals surface area contributed by atoms with Gasteiger partial charge < -0.3 is 9.84 Å². The van der Waals surface area contributed by atoms with E-state index < -0.39 is 0 Å². The van der Waals surface area contributed by atoms with Gasteiger partial charge in [-0.25, -0.2) is 0 Å². The smallest absolute Gasteiger partial charge is 0.249 e. The van der Waals surface area contributed by atoms with E-state index in [1.54, 1.807) is 0 Å². The second-order valence-electron chi connectivity index (χ2n) is 6.88. The molecule has 0 bridgehead atoms. The quantitative estimate of drug-likeness (QED) is 0.512. The van der Waals surface area contributed by atoms with E-state index in [1.807, 2.05) is 54.6 Å². The summed E-state index contributed by atoms with van der Waals surface area (Å²) in [7, 11) is 0. The number of nitrogens with zero attached hydrogens (tertiary/aromatic N) is 2. The lowest BCUT2D eigenvalue weighted by atomic mass is 9.98. The molecule has 0 fully saturated rings. The van der Waals surface area contributed by atoms with Gasteiger partial charge in [-0.05, 0) is 42.2 Å². The summed E-state index contributed by atoms with van der Waals surface area (Å²) in [6.07, 6.45) is 2.01. The molecule has 146 valence electrons. The van der Waals surface area contributed by atoms with Gasteiger partial charge >= 0.3 is 0 Å². The van der Waals surface area contributed by atoms with Crippen molar-refractivity contribution in [3.63, 3.8) is 0 Å². The second-order valence-corrected chi connectivity index (χ2v) is 7.80. The van der Waals surface area contributed by atoms with Crippen molar-refractivity contribution in [3.8, 4) is 11.4 Å². The summed E-state index contributed by atoms with van der Waals surface area (Å²) in [4.78, 5) is 17.1. The Morgan fingerprint density at radius 1 is 1.14 bits per heavy atom. The molecule has 6 heteroatoms. The number of nitrogens with one attached hydrogen (secondary N) is 1. The zero-order chi connectivity index (χ0) is 19.9. The number of rotatable bonds is 8. The van der Waals surface area contributed by atoms with E-state index in [0.717, 1.165) is 22.0 Å². The Hall–Kier alpha value is -2.47. The van der Waals surface area contributed by atoms with Gasteiger partial charge in [-0.15, -0.1) is 0 Å². The van der Waals surface area contributed by atoms with Gasteiger partial charge in [-0.2, -0.15) is 4.98 Å². The molecule has 0 radical (unpaired) electrons. The Bertz CT molecular complexity index is 894. The van der Waals surface area contributed by atoms with E-state index in [1.165, 1.54) is 0 Å². The summed E-state index contributed by atoms with van der Waals surface area (Å²) >= 11 is 3.42. The van der Waals surface area contributed by atoms with Crippen LogP contribution in [0.4, 0.5) is 0 Å². The van der Waals surface area contributed by atoms with Gasteiger partial charge in [0.2, 0.25) is 17.6 Å². The molecule has 0 saturated carbocycles. The first kappa shape index (κ1) is 20.3. The molecule has 0 aliphatic carbocycles. The lowest BCUT2D eigenvalue weighted by Gasteiger charge is -2.20.